The maximum atomic E-state index is 12.2. The average Bonchev–Trinajstić information content (AvgIpc) is 2.94. The van der Waals surface area contributed by atoms with E-state index in [-0.39, 0.29) is 23.6 Å². The zero-order valence-corrected chi connectivity index (χ0v) is 14.7. The Bertz CT molecular complexity index is 675. The van der Waals surface area contributed by atoms with Crippen molar-refractivity contribution in [1.29, 1.82) is 0 Å². The fraction of sp³-hybridized carbons (Fsp3) is 0.588. The molecule has 1 atom stereocenters. The summed E-state index contributed by atoms with van der Waals surface area (Å²) in [4.78, 5) is 37.6. The molecule has 1 aromatic rings. The van der Waals surface area contributed by atoms with Gasteiger partial charge in [0.1, 0.15) is 5.60 Å². The van der Waals surface area contributed by atoms with Gasteiger partial charge in [-0.25, -0.2) is 4.79 Å². The van der Waals surface area contributed by atoms with Gasteiger partial charge in [-0.05, 0) is 39.7 Å². The molecule has 0 bridgehead atoms. The van der Waals surface area contributed by atoms with Crippen LogP contribution in [0.3, 0.4) is 0 Å². The normalized spacial score (nSPS) is 17.7. The second-order valence-electron chi connectivity index (χ2n) is 7.04. The molecule has 1 aromatic heterocycles. The van der Waals surface area contributed by atoms with Gasteiger partial charge >= 0.3 is 6.09 Å². The molecular formula is C17H25N3O4. The Hall–Kier alpha value is -2.31. The second-order valence-corrected chi connectivity index (χ2v) is 7.04. The lowest BCUT2D eigenvalue weighted by Gasteiger charge is -2.28. The van der Waals surface area contributed by atoms with Gasteiger partial charge in [0, 0.05) is 38.0 Å². The molecule has 0 unspecified atom stereocenters. The summed E-state index contributed by atoms with van der Waals surface area (Å²) in [7, 11) is 1.63. The van der Waals surface area contributed by atoms with E-state index in [0.29, 0.717) is 18.7 Å². The van der Waals surface area contributed by atoms with E-state index in [1.165, 1.54) is 10.6 Å². The Morgan fingerprint density at radius 3 is 2.71 bits per heavy atom. The van der Waals surface area contributed by atoms with Crippen molar-refractivity contribution in [2.45, 2.75) is 45.3 Å². The third-order valence-electron chi connectivity index (χ3n) is 3.87. The number of carbonyl (C=O) groups excluding carboxylic acids is 2. The molecule has 24 heavy (non-hydrogen) atoms. The van der Waals surface area contributed by atoms with Crippen molar-refractivity contribution >= 4 is 12.0 Å². The number of pyridine rings is 1. The summed E-state index contributed by atoms with van der Waals surface area (Å²) in [6.45, 7) is 6.45. The summed E-state index contributed by atoms with van der Waals surface area (Å²) < 4.78 is 6.80. The first-order chi connectivity index (χ1) is 11.2. The number of amides is 2. The van der Waals surface area contributed by atoms with Crippen LogP contribution in [0, 0.1) is 0 Å². The van der Waals surface area contributed by atoms with Crippen LogP contribution in [0.1, 0.15) is 44.0 Å². The number of aromatic nitrogens is 1. The topological polar surface area (TPSA) is 80.6 Å². The van der Waals surface area contributed by atoms with Crippen molar-refractivity contribution in [2.24, 2.45) is 7.05 Å². The Morgan fingerprint density at radius 1 is 1.38 bits per heavy atom. The van der Waals surface area contributed by atoms with E-state index in [2.05, 4.69) is 5.32 Å². The van der Waals surface area contributed by atoms with Crippen molar-refractivity contribution in [1.82, 2.24) is 14.8 Å². The number of nitrogens with zero attached hydrogens (tertiary/aromatic N) is 2. The molecule has 1 fully saturated rings. The summed E-state index contributed by atoms with van der Waals surface area (Å²) in [6.07, 6.45) is 2.90. The monoisotopic (exact) mass is 335 g/mol. The van der Waals surface area contributed by atoms with Gasteiger partial charge in [-0.3, -0.25) is 9.59 Å². The molecule has 0 aliphatic carbocycles. The molecule has 1 saturated heterocycles. The SMILES string of the molecule is Cn1ccc(C(=O)NC[C@@H]2CCCN2C(=O)OC(C)(C)C)cc1=O. The highest BCUT2D eigenvalue weighted by molar-refractivity contribution is 5.94. The maximum absolute atomic E-state index is 12.2. The highest BCUT2D eigenvalue weighted by Gasteiger charge is 2.32. The molecule has 0 aromatic carbocycles. The smallest absolute Gasteiger partial charge is 0.410 e. The first-order valence-corrected chi connectivity index (χ1v) is 8.12. The van der Waals surface area contributed by atoms with E-state index >= 15 is 0 Å². The molecule has 1 N–H and O–H groups in total. The Kier molecular flexibility index (Phi) is 5.31. The Balaban J connectivity index is 1.95. The lowest BCUT2D eigenvalue weighted by molar-refractivity contribution is 0.0225. The van der Waals surface area contributed by atoms with Crippen LogP contribution in [-0.4, -0.2) is 46.2 Å². The minimum Gasteiger partial charge on any atom is -0.444 e. The summed E-state index contributed by atoms with van der Waals surface area (Å²) in [5.74, 6) is -0.316. The summed E-state index contributed by atoms with van der Waals surface area (Å²) in [6, 6.07) is 2.81. The lowest BCUT2D eigenvalue weighted by Crippen LogP contribution is -2.45. The van der Waals surface area contributed by atoms with Crippen LogP contribution in [0.2, 0.25) is 0 Å². The number of hydrogen-bond donors (Lipinski definition) is 1. The minimum atomic E-state index is -0.544. The van der Waals surface area contributed by atoms with Gasteiger partial charge in [-0.2, -0.15) is 0 Å². The van der Waals surface area contributed by atoms with Crippen LogP contribution in [-0.2, 0) is 11.8 Å². The third-order valence-corrected chi connectivity index (χ3v) is 3.87. The molecule has 2 heterocycles. The van der Waals surface area contributed by atoms with Crippen molar-refractivity contribution in [3.8, 4) is 0 Å². The average molecular weight is 335 g/mol. The van der Waals surface area contributed by atoms with E-state index in [1.807, 2.05) is 20.8 Å². The van der Waals surface area contributed by atoms with Crippen molar-refractivity contribution in [3.63, 3.8) is 0 Å². The number of likely N-dealkylation sites (tertiary alicyclic amines) is 1. The van der Waals surface area contributed by atoms with E-state index in [9.17, 15) is 14.4 Å². The van der Waals surface area contributed by atoms with Crippen LogP contribution < -0.4 is 10.9 Å². The van der Waals surface area contributed by atoms with Crippen LogP contribution in [0.15, 0.2) is 23.1 Å². The third kappa shape index (κ3) is 4.59. The first kappa shape index (κ1) is 18.0. The quantitative estimate of drug-likeness (QED) is 0.908. The van der Waals surface area contributed by atoms with Crippen LogP contribution in [0.25, 0.3) is 0 Å². The van der Waals surface area contributed by atoms with Gasteiger partial charge in [0.25, 0.3) is 11.5 Å². The summed E-state index contributed by atoms with van der Waals surface area (Å²) >= 11 is 0. The molecular weight excluding hydrogens is 310 g/mol. The molecule has 7 nitrogen and oxygen atoms in total. The largest absolute Gasteiger partial charge is 0.444 e. The van der Waals surface area contributed by atoms with Gasteiger partial charge in [-0.15, -0.1) is 0 Å². The van der Waals surface area contributed by atoms with E-state index in [0.717, 1.165) is 12.8 Å². The van der Waals surface area contributed by atoms with Gasteiger partial charge in [-0.1, -0.05) is 0 Å². The fourth-order valence-corrected chi connectivity index (χ4v) is 2.61. The van der Waals surface area contributed by atoms with Gasteiger partial charge in [0.15, 0.2) is 0 Å². The zero-order valence-electron chi connectivity index (χ0n) is 14.7. The molecule has 1 aliphatic rings. The molecule has 7 heteroatoms. The van der Waals surface area contributed by atoms with Gasteiger partial charge in [0.05, 0.1) is 6.04 Å². The fourth-order valence-electron chi connectivity index (χ4n) is 2.61. The molecule has 132 valence electrons. The predicted octanol–water partition coefficient (Wildman–Crippen LogP) is 1.51. The highest BCUT2D eigenvalue weighted by atomic mass is 16.6. The number of ether oxygens (including phenoxy) is 1. The Labute approximate surface area is 141 Å². The molecule has 0 saturated carbocycles. The number of carbonyl (C=O) groups is 2. The number of aryl methyl sites for hydroxylation is 1. The van der Waals surface area contributed by atoms with Crippen molar-refractivity contribution in [2.75, 3.05) is 13.1 Å². The Morgan fingerprint density at radius 2 is 2.08 bits per heavy atom. The second kappa shape index (κ2) is 7.07. The van der Waals surface area contributed by atoms with Crippen molar-refractivity contribution < 1.29 is 14.3 Å². The molecule has 0 spiro atoms. The lowest BCUT2D eigenvalue weighted by atomic mass is 10.2. The molecule has 0 radical (unpaired) electrons. The van der Waals surface area contributed by atoms with Crippen LogP contribution >= 0.6 is 0 Å². The van der Waals surface area contributed by atoms with Crippen LogP contribution in [0.5, 0.6) is 0 Å². The number of rotatable bonds is 3. The summed E-state index contributed by atoms with van der Waals surface area (Å²) in [5, 5.41) is 2.80. The van der Waals surface area contributed by atoms with Gasteiger partial charge in [0.2, 0.25) is 0 Å². The van der Waals surface area contributed by atoms with E-state index in [1.54, 1.807) is 24.2 Å². The maximum Gasteiger partial charge on any atom is 0.410 e. The molecule has 2 rings (SSSR count). The predicted molar refractivity (Wildman–Crippen MR) is 90.0 cm³/mol. The van der Waals surface area contributed by atoms with Crippen molar-refractivity contribution in [3.05, 3.63) is 34.2 Å². The number of hydrogen-bond acceptors (Lipinski definition) is 4. The number of nitrogens with one attached hydrogen (secondary N) is 1. The minimum absolute atomic E-state index is 0.0876. The van der Waals surface area contributed by atoms with E-state index in [4.69, 9.17) is 4.74 Å². The first-order valence-electron chi connectivity index (χ1n) is 8.12. The zero-order chi connectivity index (χ0) is 17.9. The van der Waals surface area contributed by atoms with Gasteiger partial charge < -0.3 is 19.5 Å². The van der Waals surface area contributed by atoms with Crippen LogP contribution in [0.4, 0.5) is 4.79 Å². The van der Waals surface area contributed by atoms with E-state index < -0.39 is 5.60 Å². The standard InChI is InChI=1S/C17H25N3O4/c1-17(2,3)24-16(23)20-8-5-6-13(20)11-18-15(22)12-7-9-19(4)14(21)10-12/h7,9-10,13H,5-6,8,11H2,1-4H3,(H,18,22)/t13-/m0/s1. The summed E-state index contributed by atoms with van der Waals surface area (Å²) in [5.41, 5.74) is -0.462. The molecule has 2 amide bonds. The highest BCUT2D eigenvalue weighted by Crippen LogP contribution is 2.20. The molecule has 1 aliphatic heterocycles.